The summed E-state index contributed by atoms with van der Waals surface area (Å²) in [6.07, 6.45) is 0. The van der Waals surface area contributed by atoms with Crippen molar-refractivity contribution in [2.24, 2.45) is 4.99 Å². The normalized spacial score (nSPS) is 15.9. The summed E-state index contributed by atoms with van der Waals surface area (Å²) in [6, 6.07) is 5.06. The summed E-state index contributed by atoms with van der Waals surface area (Å²) in [6.45, 7) is 0.658. The van der Waals surface area contributed by atoms with E-state index < -0.39 is 12.6 Å². The van der Waals surface area contributed by atoms with Gasteiger partial charge in [-0.3, -0.25) is 4.84 Å². The molecule has 110 valence electrons. The first-order valence-corrected chi connectivity index (χ1v) is 6.22. The van der Waals surface area contributed by atoms with Gasteiger partial charge >= 0.3 is 5.97 Å². The highest BCUT2D eigenvalue weighted by Gasteiger charge is 2.21. The fourth-order valence-corrected chi connectivity index (χ4v) is 2.00. The molecule has 9 heteroatoms. The summed E-state index contributed by atoms with van der Waals surface area (Å²) in [5.41, 5.74) is 0.416. The highest BCUT2D eigenvalue weighted by molar-refractivity contribution is 6.38. The highest BCUT2D eigenvalue weighted by atomic mass is 35.5. The maximum Gasteiger partial charge on any atom is 0.332 e. The molecule has 1 aromatic carbocycles. The van der Waals surface area contributed by atoms with Crippen LogP contribution in [0, 0.1) is 0 Å². The van der Waals surface area contributed by atoms with Gasteiger partial charge in [0.2, 0.25) is 5.96 Å². The molecule has 0 aliphatic carbocycles. The fourth-order valence-electron chi connectivity index (χ4n) is 1.52. The molecule has 1 aromatic rings. The lowest BCUT2D eigenvalue weighted by Crippen LogP contribution is -2.32. The molecule has 1 aliphatic rings. The molecule has 6 nitrogen and oxygen atoms in total. The molecule has 1 fully saturated rings. The molecule has 2 N–H and O–H groups in total. The molecule has 0 spiro atoms. The third kappa shape index (κ3) is 4.14. The SMILES string of the molecule is Cl.O=C(O)CON1CCNC1=Nc1c(Cl)cccc1Cl. The Morgan fingerprint density at radius 2 is 2.10 bits per heavy atom. The highest BCUT2D eigenvalue weighted by Crippen LogP contribution is 2.32. The molecular weight excluding hydrogens is 328 g/mol. The second-order valence-corrected chi connectivity index (χ2v) is 4.52. The summed E-state index contributed by atoms with van der Waals surface area (Å²) >= 11 is 12.0. The number of carboxylic acids is 1. The van der Waals surface area contributed by atoms with Crippen LogP contribution in [0.4, 0.5) is 5.69 Å². The molecular formula is C11H12Cl3N3O3. The Morgan fingerprint density at radius 3 is 2.70 bits per heavy atom. The van der Waals surface area contributed by atoms with E-state index in [9.17, 15) is 4.79 Å². The van der Waals surface area contributed by atoms with Crippen molar-refractivity contribution in [2.75, 3.05) is 19.7 Å². The van der Waals surface area contributed by atoms with Crippen molar-refractivity contribution in [3.8, 4) is 0 Å². The third-order valence-corrected chi connectivity index (χ3v) is 2.94. The van der Waals surface area contributed by atoms with E-state index in [0.29, 0.717) is 34.8 Å². The van der Waals surface area contributed by atoms with Crippen LogP contribution >= 0.6 is 35.6 Å². The van der Waals surface area contributed by atoms with Gasteiger partial charge in [-0.2, -0.15) is 0 Å². The van der Waals surface area contributed by atoms with Gasteiger partial charge in [-0.15, -0.1) is 12.4 Å². The second-order valence-electron chi connectivity index (χ2n) is 3.70. The van der Waals surface area contributed by atoms with Crippen molar-refractivity contribution in [1.82, 2.24) is 10.4 Å². The monoisotopic (exact) mass is 339 g/mol. The van der Waals surface area contributed by atoms with Crippen LogP contribution in [0.2, 0.25) is 10.0 Å². The van der Waals surface area contributed by atoms with E-state index in [-0.39, 0.29) is 12.4 Å². The summed E-state index contributed by atoms with van der Waals surface area (Å²) < 4.78 is 0. The van der Waals surface area contributed by atoms with Gasteiger partial charge in [0.05, 0.1) is 16.6 Å². The number of halogens is 3. The molecule has 1 heterocycles. The average Bonchev–Trinajstić information content (AvgIpc) is 2.79. The maximum absolute atomic E-state index is 10.5. The molecule has 0 saturated carbocycles. The van der Waals surface area contributed by atoms with Crippen LogP contribution in [0.5, 0.6) is 0 Å². The van der Waals surface area contributed by atoms with Crippen molar-refractivity contribution >= 4 is 53.2 Å². The number of hydrogen-bond donors (Lipinski definition) is 2. The van der Waals surface area contributed by atoms with Gasteiger partial charge < -0.3 is 10.4 Å². The summed E-state index contributed by atoms with van der Waals surface area (Å²) in [5.74, 6) is -0.668. The minimum Gasteiger partial charge on any atom is -0.479 e. The van der Waals surface area contributed by atoms with Gasteiger partial charge in [-0.25, -0.2) is 14.9 Å². The molecule has 0 aromatic heterocycles. The zero-order valence-corrected chi connectivity index (χ0v) is 12.5. The molecule has 0 atom stereocenters. The molecule has 2 rings (SSSR count). The number of para-hydroxylation sites is 1. The zero-order valence-electron chi connectivity index (χ0n) is 10.2. The van der Waals surface area contributed by atoms with E-state index in [4.69, 9.17) is 33.1 Å². The molecule has 0 radical (unpaired) electrons. The summed E-state index contributed by atoms with van der Waals surface area (Å²) in [7, 11) is 0. The zero-order chi connectivity index (χ0) is 13.8. The minimum atomic E-state index is -1.05. The maximum atomic E-state index is 10.5. The Bertz CT molecular complexity index is 505. The Hall–Kier alpha value is -1.21. The van der Waals surface area contributed by atoms with E-state index in [2.05, 4.69) is 10.3 Å². The number of rotatable bonds is 4. The van der Waals surface area contributed by atoms with Gasteiger partial charge in [0.25, 0.3) is 0 Å². The summed E-state index contributed by atoms with van der Waals surface area (Å²) in [5, 5.41) is 13.7. The third-order valence-electron chi connectivity index (χ3n) is 2.33. The van der Waals surface area contributed by atoms with Crippen LogP contribution in [0.25, 0.3) is 0 Å². The number of hydrogen-bond acceptors (Lipinski definition) is 3. The van der Waals surface area contributed by atoms with Crippen LogP contribution < -0.4 is 5.32 Å². The van der Waals surface area contributed by atoms with Gasteiger partial charge in [0.15, 0.2) is 6.61 Å². The van der Waals surface area contributed by atoms with E-state index in [1.807, 2.05) is 0 Å². The van der Waals surface area contributed by atoms with Crippen molar-refractivity contribution in [3.05, 3.63) is 28.2 Å². The van der Waals surface area contributed by atoms with Crippen molar-refractivity contribution < 1.29 is 14.7 Å². The number of nitrogens with zero attached hydrogens (tertiary/aromatic N) is 2. The first-order chi connectivity index (χ1) is 9.08. The van der Waals surface area contributed by atoms with Crippen LogP contribution in [0.3, 0.4) is 0 Å². The van der Waals surface area contributed by atoms with E-state index in [1.165, 1.54) is 5.06 Å². The fraction of sp³-hybridized carbons (Fsp3) is 0.273. The minimum absolute atomic E-state index is 0. The van der Waals surface area contributed by atoms with Gasteiger partial charge in [0.1, 0.15) is 5.69 Å². The quantitative estimate of drug-likeness (QED) is 0.880. The smallest absolute Gasteiger partial charge is 0.332 e. The lowest BCUT2D eigenvalue weighted by Gasteiger charge is -2.15. The number of guanidine groups is 1. The lowest BCUT2D eigenvalue weighted by molar-refractivity contribution is -0.157. The number of aliphatic carboxylic acids is 1. The first-order valence-electron chi connectivity index (χ1n) is 5.47. The van der Waals surface area contributed by atoms with Crippen molar-refractivity contribution in [1.29, 1.82) is 0 Å². The first kappa shape index (κ1) is 16.8. The van der Waals surface area contributed by atoms with Crippen LogP contribution in [0.15, 0.2) is 23.2 Å². The lowest BCUT2D eigenvalue weighted by atomic mass is 10.3. The molecule has 20 heavy (non-hydrogen) atoms. The molecule has 0 unspecified atom stereocenters. The topological polar surface area (TPSA) is 74.2 Å². The van der Waals surface area contributed by atoms with Gasteiger partial charge in [-0.1, -0.05) is 29.3 Å². The number of nitrogens with one attached hydrogen (secondary N) is 1. The van der Waals surface area contributed by atoms with E-state index in [1.54, 1.807) is 18.2 Å². The predicted molar refractivity (Wildman–Crippen MR) is 79.1 cm³/mol. The Labute approximate surface area is 131 Å². The van der Waals surface area contributed by atoms with Crippen LogP contribution in [-0.4, -0.2) is 41.8 Å². The molecule has 0 amide bonds. The van der Waals surface area contributed by atoms with Crippen LogP contribution in [0.1, 0.15) is 0 Å². The average molecular weight is 341 g/mol. The largest absolute Gasteiger partial charge is 0.479 e. The molecule has 1 saturated heterocycles. The van der Waals surface area contributed by atoms with Crippen LogP contribution in [-0.2, 0) is 9.63 Å². The number of carboxylic acid groups (broad SMARTS) is 1. The number of aliphatic imine (C=N–C) groups is 1. The molecule has 0 bridgehead atoms. The van der Waals surface area contributed by atoms with Crippen molar-refractivity contribution in [3.63, 3.8) is 0 Å². The number of hydroxylamine groups is 2. The Kier molecular flexibility index (Phi) is 6.35. The standard InChI is InChI=1S/C11H11Cl2N3O3.ClH/c12-7-2-1-3-8(13)10(7)15-11-14-4-5-16(11)19-6-9(17)18;/h1-3H,4-6H2,(H,14,15)(H,17,18);1H. The Morgan fingerprint density at radius 1 is 1.45 bits per heavy atom. The molecule has 1 aliphatic heterocycles. The van der Waals surface area contributed by atoms with E-state index >= 15 is 0 Å². The van der Waals surface area contributed by atoms with E-state index in [0.717, 1.165) is 0 Å². The number of carbonyl (C=O) groups is 1. The summed E-state index contributed by atoms with van der Waals surface area (Å²) in [4.78, 5) is 19.8. The number of benzene rings is 1. The van der Waals surface area contributed by atoms with Gasteiger partial charge in [0, 0.05) is 6.54 Å². The predicted octanol–water partition coefficient (Wildman–Crippen LogP) is 2.32. The van der Waals surface area contributed by atoms with Gasteiger partial charge in [-0.05, 0) is 12.1 Å². The van der Waals surface area contributed by atoms with Crippen molar-refractivity contribution in [2.45, 2.75) is 0 Å². The Balaban J connectivity index is 0.00000200. The second kappa shape index (κ2) is 7.54.